The van der Waals surface area contributed by atoms with Crippen molar-refractivity contribution in [3.63, 3.8) is 0 Å². The van der Waals surface area contributed by atoms with Crippen LogP contribution in [0.15, 0.2) is 0 Å². The molecule has 72 valence electrons. The number of hydrogen-bond acceptors (Lipinski definition) is 1. The summed E-state index contributed by atoms with van der Waals surface area (Å²) >= 11 is 0. The van der Waals surface area contributed by atoms with Crippen molar-refractivity contribution < 1.29 is 0 Å². The Balaban J connectivity index is 3.75. The average Bonchev–Trinajstić information content (AvgIpc) is 2.12. The van der Waals surface area contributed by atoms with Gasteiger partial charge in [-0.25, -0.2) is 0 Å². The predicted octanol–water partition coefficient (Wildman–Crippen LogP) is 1.98. The zero-order valence-electron chi connectivity index (χ0n) is 8.47. The van der Waals surface area contributed by atoms with Crippen LogP contribution in [-0.2, 0) is 0 Å². The van der Waals surface area contributed by atoms with Crippen LogP contribution in [0.4, 0.5) is 0 Å². The van der Waals surface area contributed by atoms with Crippen molar-refractivity contribution in [2.24, 2.45) is 0 Å². The van der Waals surface area contributed by atoms with Crippen molar-refractivity contribution in [1.82, 2.24) is 10.6 Å². The molecule has 0 aliphatic rings. The average molecular weight is 170 g/mol. The van der Waals surface area contributed by atoms with Crippen LogP contribution in [0.5, 0.6) is 0 Å². The Morgan fingerprint density at radius 3 is 2.25 bits per heavy atom. The minimum atomic E-state index is 0.553. The SMILES string of the molecule is [CH2]CC(CCC[NH])N(CC)CC. The molecule has 0 aromatic carbocycles. The molecule has 12 heavy (non-hydrogen) atoms. The molecule has 0 fully saturated rings. The third-order valence-electron chi connectivity index (χ3n) is 2.38. The maximum Gasteiger partial charge on any atom is 0.0100 e. The molecule has 0 rings (SSSR count). The van der Waals surface area contributed by atoms with Crippen LogP contribution in [0, 0.1) is 6.92 Å². The summed E-state index contributed by atoms with van der Waals surface area (Å²) in [6.07, 6.45) is 3.12. The van der Waals surface area contributed by atoms with Gasteiger partial charge >= 0.3 is 0 Å². The van der Waals surface area contributed by atoms with Crippen LogP contribution < -0.4 is 5.73 Å². The van der Waals surface area contributed by atoms with Crippen molar-refractivity contribution >= 4 is 0 Å². The van der Waals surface area contributed by atoms with Gasteiger partial charge in [-0.3, -0.25) is 5.73 Å². The van der Waals surface area contributed by atoms with Crippen LogP contribution in [0.3, 0.4) is 0 Å². The standard InChI is InChI=1S/C10H22N2/c1-4-10(8-7-9-11)12(5-2)6-3/h10-11H,1,4-9H2,2-3H3. The van der Waals surface area contributed by atoms with Crippen molar-refractivity contribution in [2.75, 3.05) is 19.6 Å². The second-order valence-electron chi connectivity index (χ2n) is 3.06. The molecule has 1 unspecified atom stereocenters. The highest BCUT2D eigenvalue weighted by atomic mass is 15.1. The smallest absolute Gasteiger partial charge is 0.0100 e. The molecule has 1 N–H and O–H groups in total. The molecule has 0 saturated heterocycles. The predicted molar refractivity (Wildman–Crippen MR) is 53.9 cm³/mol. The van der Waals surface area contributed by atoms with E-state index in [2.05, 4.69) is 25.7 Å². The van der Waals surface area contributed by atoms with E-state index in [1.54, 1.807) is 0 Å². The third-order valence-corrected chi connectivity index (χ3v) is 2.38. The highest BCUT2D eigenvalue weighted by molar-refractivity contribution is 4.70. The minimum Gasteiger partial charge on any atom is -0.301 e. The fourth-order valence-electron chi connectivity index (χ4n) is 1.59. The maximum absolute atomic E-state index is 7.09. The van der Waals surface area contributed by atoms with Crippen molar-refractivity contribution in [1.29, 1.82) is 0 Å². The van der Waals surface area contributed by atoms with E-state index in [0.29, 0.717) is 12.6 Å². The van der Waals surface area contributed by atoms with E-state index < -0.39 is 0 Å². The van der Waals surface area contributed by atoms with Crippen molar-refractivity contribution in [3.05, 3.63) is 6.92 Å². The van der Waals surface area contributed by atoms with Crippen LogP contribution >= 0.6 is 0 Å². The molecule has 2 radical (unpaired) electrons. The van der Waals surface area contributed by atoms with Gasteiger partial charge in [0.1, 0.15) is 0 Å². The van der Waals surface area contributed by atoms with E-state index in [4.69, 9.17) is 5.73 Å². The number of rotatable bonds is 7. The largest absolute Gasteiger partial charge is 0.301 e. The second kappa shape index (κ2) is 7.56. The Morgan fingerprint density at radius 1 is 1.33 bits per heavy atom. The minimum absolute atomic E-state index is 0.553. The van der Waals surface area contributed by atoms with Gasteiger partial charge < -0.3 is 4.90 Å². The Kier molecular flexibility index (Phi) is 7.51. The summed E-state index contributed by atoms with van der Waals surface area (Å²) in [7, 11) is 0. The third kappa shape index (κ3) is 4.07. The topological polar surface area (TPSA) is 27.0 Å². The van der Waals surface area contributed by atoms with Crippen molar-refractivity contribution in [2.45, 2.75) is 39.2 Å². The lowest BCUT2D eigenvalue weighted by Gasteiger charge is -2.28. The normalized spacial score (nSPS) is 13.8. The summed E-state index contributed by atoms with van der Waals surface area (Å²) < 4.78 is 0. The fourth-order valence-corrected chi connectivity index (χ4v) is 1.59. The van der Waals surface area contributed by atoms with Gasteiger partial charge in [-0.2, -0.15) is 0 Å². The lowest BCUT2D eigenvalue weighted by atomic mass is 10.1. The van der Waals surface area contributed by atoms with Gasteiger partial charge in [-0.15, -0.1) is 0 Å². The maximum atomic E-state index is 7.09. The zero-order chi connectivity index (χ0) is 9.40. The van der Waals surface area contributed by atoms with Crippen LogP contribution in [0.1, 0.15) is 33.1 Å². The second-order valence-corrected chi connectivity index (χ2v) is 3.06. The monoisotopic (exact) mass is 170 g/mol. The van der Waals surface area contributed by atoms with Gasteiger partial charge in [0.05, 0.1) is 0 Å². The first-order valence-electron chi connectivity index (χ1n) is 4.97. The summed E-state index contributed by atoms with van der Waals surface area (Å²) in [5.41, 5.74) is 7.09. The molecule has 2 heteroatoms. The molecule has 2 nitrogen and oxygen atoms in total. The van der Waals surface area contributed by atoms with Crippen LogP contribution in [0.2, 0.25) is 0 Å². The molecule has 0 bridgehead atoms. The van der Waals surface area contributed by atoms with Gasteiger partial charge in [-0.1, -0.05) is 20.8 Å². The summed E-state index contributed by atoms with van der Waals surface area (Å²) in [6, 6.07) is 0.602. The summed E-state index contributed by atoms with van der Waals surface area (Å²) in [4.78, 5) is 2.43. The molecular weight excluding hydrogens is 148 g/mol. The van der Waals surface area contributed by atoms with E-state index in [1.807, 2.05) is 0 Å². The van der Waals surface area contributed by atoms with Crippen LogP contribution in [-0.4, -0.2) is 30.6 Å². The number of nitrogens with one attached hydrogen (secondary N) is 1. The molecule has 0 amide bonds. The summed E-state index contributed by atoms with van der Waals surface area (Å²) in [5.74, 6) is 0. The van der Waals surface area contributed by atoms with Crippen molar-refractivity contribution in [3.8, 4) is 0 Å². The molecule has 0 aromatic heterocycles. The van der Waals surface area contributed by atoms with E-state index >= 15 is 0 Å². The van der Waals surface area contributed by atoms with Gasteiger partial charge in [0.25, 0.3) is 0 Å². The lowest BCUT2D eigenvalue weighted by Crippen LogP contribution is -2.34. The molecule has 0 saturated carbocycles. The Bertz CT molecular complexity index is 89.8. The van der Waals surface area contributed by atoms with Gasteiger partial charge in [0.2, 0.25) is 0 Å². The highest BCUT2D eigenvalue weighted by Crippen LogP contribution is 2.09. The number of hydrogen-bond donors (Lipinski definition) is 0. The summed E-state index contributed by atoms with van der Waals surface area (Å²) in [6.45, 7) is 11.1. The Morgan fingerprint density at radius 2 is 1.92 bits per heavy atom. The van der Waals surface area contributed by atoms with Gasteiger partial charge in [-0.05, 0) is 32.4 Å². The molecule has 0 aromatic rings. The highest BCUT2D eigenvalue weighted by Gasteiger charge is 2.11. The first-order valence-corrected chi connectivity index (χ1v) is 4.97. The molecule has 0 spiro atoms. The first-order chi connectivity index (χ1) is 5.79. The number of nitrogens with zero attached hydrogens (tertiary/aromatic N) is 1. The van der Waals surface area contributed by atoms with Gasteiger partial charge in [0.15, 0.2) is 0 Å². The lowest BCUT2D eigenvalue weighted by molar-refractivity contribution is 0.204. The molecular formula is C10H22N2. The van der Waals surface area contributed by atoms with E-state index in [1.165, 1.54) is 0 Å². The van der Waals surface area contributed by atoms with E-state index in [0.717, 1.165) is 32.4 Å². The van der Waals surface area contributed by atoms with E-state index in [9.17, 15) is 0 Å². The molecule has 0 heterocycles. The van der Waals surface area contributed by atoms with E-state index in [-0.39, 0.29) is 0 Å². The van der Waals surface area contributed by atoms with Crippen LogP contribution in [0.25, 0.3) is 0 Å². The Hall–Kier alpha value is -0.0800. The zero-order valence-corrected chi connectivity index (χ0v) is 8.47. The fraction of sp³-hybridized carbons (Fsp3) is 0.900. The quantitative estimate of drug-likeness (QED) is 0.574. The molecule has 1 atom stereocenters. The first kappa shape index (κ1) is 11.9. The molecule has 0 aliphatic carbocycles. The van der Waals surface area contributed by atoms with Gasteiger partial charge in [0, 0.05) is 12.6 Å². The Labute approximate surface area is 77.1 Å². The molecule has 0 aliphatic heterocycles. The summed E-state index contributed by atoms with van der Waals surface area (Å²) in [5, 5.41) is 0.